The van der Waals surface area contributed by atoms with E-state index < -0.39 is 5.60 Å². The van der Waals surface area contributed by atoms with Crippen LogP contribution in [0.5, 0.6) is 0 Å². The molecule has 92 valence electrons. The van der Waals surface area contributed by atoms with Crippen molar-refractivity contribution in [3.8, 4) is 0 Å². The summed E-state index contributed by atoms with van der Waals surface area (Å²) in [6.45, 7) is 9.22. The molecule has 0 fully saturated rings. The van der Waals surface area contributed by atoms with Gasteiger partial charge in [0.15, 0.2) is 0 Å². The number of nitrogens with two attached hydrogens (primary N) is 1. The van der Waals surface area contributed by atoms with Crippen molar-refractivity contribution in [1.29, 1.82) is 0 Å². The molecule has 3 nitrogen and oxygen atoms in total. The second-order valence-electron chi connectivity index (χ2n) is 5.12. The van der Waals surface area contributed by atoms with E-state index in [0.29, 0.717) is 6.42 Å². The maximum atomic E-state index is 9.73. The van der Waals surface area contributed by atoms with Crippen molar-refractivity contribution < 1.29 is 9.84 Å². The summed E-state index contributed by atoms with van der Waals surface area (Å²) in [5, 5.41) is 9.73. The highest BCUT2D eigenvalue weighted by Crippen LogP contribution is 2.13. The average Bonchev–Trinajstić information content (AvgIpc) is 2.11. The molecule has 2 atom stereocenters. The molecule has 0 spiro atoms. The van der Waals surface area contributed by atoms with E-state index in [9.17, 15) is 5.11 Å². The van der Waals surface area contributed by atoms with E-state index >= 15 is 0 Å². The lowest BCUT2D eigenvalue weighted by molar-refractivity contribution is -0.0186. The normalized spacial score (nSPS) is 17.8. The van der Waals surface area contributed by atoms with Crippen molar-refractivity contribution in [2.75, 3.05) is 13.2 Å². The zero-order chi connectivity index (χ0) is 11.9. The highest BCUT2D eigenvalue weighted by molar-refractivity contribution is 4.76. The molecule has 2 unspecified atom stereocenters. The number of aliphatic hydroxyl groups is 1. The molecule has 3 heteroatoms. The molecule has 0 amide bonds. The summed E-state index contributed by atoms with van der Waals surface area (Å²) in [5.41, 5.74) is 4.65. The molecule has 0 saturated carbocycles. The predicted molar refractivity (Wildman–Crippen MR) is 63.8 cm³/mol. The molecule has 0 aromatic carbocycles. The number of rotatable bonds is 8. The van der Waals surface area contributed by atoms with E-state index in [0.717, 1.165) is 18.9 Å². The third kappa shape index (κ3) is 8.85. The van der Waals surface area contributed by atoms with Gasteiger partial charge in [0, 0.05) is 19.6 Å². The molecule has 0 radical (unpaired) electrons. The maximum absolute atomic E-state index is 9.73. The predicted octanol–water partition coefficient (Wildman–Crippen LogP) is 1.93. The molecule has 0 aromatic rings. The molecular formula is C12H27NO2. The van der Waals surface area contributed by atoms with Crippen LogP contribution in [-0.2, 0) is 4.74 Å². The molecular weight excluding hydrogens is 190 g/mol. The average molecular weight is 217 g/mol. The Kier molecular flexibility index (Phi) is 7.14. The molecule has 0 heterocycles. The molecule has 0 bridgehead atoms. The number of ether oxygens (including phenoxy) is 1. The first-order valence-corrected chi connectivity index (χ1v) is 5.91. The fraction of sp³-hybridized carbons (Fsp3) is 1.00. The van der Waals surface area contributed by atoms with Crippen molar-refractivity contribution in [2.24, 2.45) is 11.7 Å². The van der Waals surface area contributed by atoms with Crippen LogP contribution >= 0.6 is 0 Å². The first-order valence-electron chi connectivity index (χ1n) is 5.91. The number of hydrogen-bond acceptors (Lipinski definition) is 3. The Morgan fingerprint density at radius 2 is 1.93 bits per heavy atom. The van der Waals surface area contributed by atoms with Gasteiger partial charge < -0.3 is 15.6 Å². The van der Waals surface area contributed by atoms with Crippen LogP contribution in [0.3, 0.4) is 0 Å². The monoisotopic (exact) mass is 217 g/mol. The van der Waals surface area contributed by atoms with Crippen LogP contribution < -0.4 is 5.73 Å². The van der Waals surface area contributed by atoms with E-state index in [1.54, 1.807) is 6.92 Å². The van der Waals surface area contributed by atoms with Gasteiger partial charge >= 0.3 is 0 Å². The Hall–Kier alpha value is -0.120. The molecule has 0 saturated heterocycles. The lowest BCUT2D eigenvalue weighted by Crippen LogP contribution is -2.37. The summed E-state index contributed by atoms with van der Waals surface area (Å²) >= 11 is 0. The van der Waals surface area contributed by atoms with Crippen LogP contribution in [-0.4, -0.2) is 30.0 Å². The third-order valence-electron chi connectivity index (χ3n) is 2.50. The van der Waals surface area contributed by atoms with Gasteiger partial charge in [0.1, 0.15) is 0 Å². The second-order valence-corrected chi connectivity index (χ2v) is 5.12. The van der Waals surface area contributed by atoms with Gasteiger partial charge in [-0.2, -0.15) is 0 Å². The Morgan fingerprint density at radius 1 is 1.33 bits per heavy atom. The molecule has 0 aliphatic carbocycles. The maximum Gasteiger partial charge on any atom is 0.0765 e. The van der Waals surface area contributed by atoms with Crippen molar-refractivity contribution in [3.05, 3.63) is 0 Å². The second kappa shape index (κ2) is 7.20. The van der Waals surface area contributed by atoms with Crippen LogP contribution in [0.1, 0.15) is 47.0 Å². The van der Waals surface area contributed by atoms with Gasteiger partial charge in [-0.25, -0.2) is 0 Å². The van der Waals surface area contributed by atoms with E-state index in [1.165, 1.54) is 6.42 Å². The van der Waals surface area contributed by atoms with Crippen molar-refractivity contribution in [3.63, 3.8) is 0 Å². The van der Waals surface area contributed by atoms with Gasteiger partial charge in [-0.15, -0.1) is 0 Å². The van der Waals surface area contributed by atoms with Gasteiger partial charge in [-0.3, -0.25) is 0 Å². The summed E-state index contributed by atoms with van der Waals surface area (Å²) in [5.74, 6) is 0.732. The Bertz CT molecular complexity index is 158. The summed E-state index contributed by atoms with van der Waals surface area (Å²) in [6.07, 6.45) is 2.97. The Labute approximate surface area is 94.0 Å². The summed E-state index contributed by atoms with van der Waals surface area (Å²) < 4.78 is 5.61. The van der Waals surface area contributed by atoms with E-state index in [4.69, 9.17) is 10.5 Å². The van der Waals surface area contributed by atoms with Crippen molar-refractivity contribution in [2.45, 2.75) is 58.7 Å². The largest absolute Gasteiger partial charge is 0.389 e. The molecule has 0 aliphatic rings. The van der Waals surface area contributed by atoms with Crippen LogP contribution in [0, 0.1) is 5.92 Å². The minimum Gasteiger partial charge on any atom is -0.389 e. The molecule has 0 rings (SSSR count). The minimum atomic E-state index is -0.794. The Morgan fingerprint density at radius 3 is 2.40 bits per heavy atom. The summed E-state index contributed by atoms with van der Waals surface area (Å²) in [4.78, 5) is 0. The van der Waals surface area contributed by atoms with Gasteiger partial charge in [0.05, 0.1) is 11.7 Å². The minimum absolute atomic E-state index is 0.0794. The molecule has 3 N–H and O–H groups in total. The highest BCUT2D eigenvalue weighted by Gasteiger charge is 2.21. The fourth-order valence-electron chi connectivity index (χ4n) is 1.54. The van der Waals surface area contributed by atoms with Crippen molar-refractivity contribution >= 4 is 0 Å². The first kappa shape index (κ1) is 14.9. The van der Waals surface area contributed by atoms with Gasteiger partial charge in [-0.1, -0.05) is 13.8 Å². The fourth-order valence-corrected chi connectivity index (χ4v) is 1.54. The van der Waals surface area contributed by atoms with Crippen LogP contribution in [0.25, 0.3) is 0 Å². The van der Waals surface area contributed by atoms with Crippen LogP contribution in [0.15, 0.2) is 0 Å². The lowest BCUT2D eigenvalue weighted by atomic mass is 9.99. The highest BCUT2D eigenvalue weighted by atomic mass is 16.5. The zero-order valence-electron chi connectivity index (χ0n) is 10.6. The van der Waals surface area contributed by atoms with E-state index in [1.807, 2.05) is 6.92 Å². The van der Waals surface area contributed by atoms with Crippen LogP contribution in [0.2, 0.25) is 0 Å². The smallest absolute Gasteiger partial charge is 0.0765 e. The first-order chi connectivity index (χ1) is 6.87. The molecule has 0 aliphatic heterocycles. The zero-order valence-corrected chi connectivity index (χ0v) is 10.6. The van der Waals surface area contributed by atoms with E-state index in [-0.39, 0.29) is 12.6 Å². The Balaban J connectivity index is 3.53. The van der Waals surface area contributed by atoms with Crippen molar-refractivity contribution in [1.82, 2.24) is 0 Å². The van der Waals surface area contributed by atoms with Gasteiger partial charge in [0.2, 0.25) is 0 Å². The van der Waals surface area contributed by atoms with Gasteiger partial charge in [-0.05, 0) is 32.6 Å². The summed E-state index contributed by atoms with van der Waals surface area (Å²) in [7, 11) is 0. The van der Waals surface area contributed by atoms with Crippen LogP contribution in [0.4, 0.5) is 0 Å². The topological polar surface area (TPSA) is 55.5 Å². The van der Waals surface area contributed by atoms with Gasteiger partial charge in [0.25, 0.3) is 0 Å². The quantitative estimate of drug-likeness (QED) is 0.611. The lowest BCUT2D eigenvalue weighted by Gasteiger charge is -2.25. The standard InChI is InChI=1S/C12H27NO2/c1-10(2)6-5-7-15-11(3)8-12(4,14)9-13/h10-11,14H,5-9,13H2,1-4H3. The SMILES string of the molecule is CC(C)CCCOC(C)CC(C)(O)CN. The van der Waals surface area contributed by atoms with E-state index in [2.05, 4.69) is 13.8 Å². The number of hydrogen-bond donors (Lipinski definition) is 2. The summed E-state index contributed by atoms with van der Waals surface area (Å²) in [6, 6.07) is 0. The molecule has 15 heavy (non-hydrogen) atoms. The molecule has 0 aromatic heterocycles. The third-order valence-corrected chi connectivity index (χ3v) is 2.50.